The molecule has 0 radical (unpaired) electrons. The second-order valence-corrected chi connectivity index (χ2v) is 5.14. The minimum Gasteiger partial charge on any atom is -0.384 e. The molecule has 2 rings (SSSR count). The first-order valence-electron chi connectivity index (χ1n) is 6.69. The van der Waals surface area contributed by atoms with E-state index in [-0.39, 0.29) is 11.8 Å². The van der Waals surface area contributed by atoms with Crippen molar-refractivity contribution in [3.05, 3.63) is 35.9 Å². The van der Waals surface area contributed by atoms with Crippen LogP contribution >= 0.6 is 0 Å². The van der Waals surface area contributed by atoms with Gasteiger partial charge in [0.05, 0.1) is 12.0 Å². The maximum Gasteiger partial charge on any atom is 0.246 e. The number of methoxy groups -OCH3 is 1. The Hall–Kier alpha value is -1.88. The Morgan fingerprint density at radius 2 is 1.95 bits per heavy atom. The Labute approximate surface area is 118 Å². The summed E-state index contributed by atoms with van der Waals surface area (Å²) >= 11 is 0. The maximum absolute atomic E-state index is 12.4. The van der Waals surface area contributed by atoms with E-state index in [1.807, 2.05) is 30.3 Å². The van der Waals surface area contributed by atoms with E-state index in [2.05, 4.69) is 10.6 Å². The molecule has 5 heteroatoms. The van der Waals surface area contributed by atoms with Crippen LogP contribution in [-0.2, 0) is 14.3 Å². The molecule has 1 saturated carbocycles. The summed E-state index contributed by atoms with van der Waals surface area (Å²) in [6, 6.07) is 8.56. The van der Waals surface area contributed by atoms with Gasteiger partial charge in [0.25, 0.3) is 0 Å². The molecule has 0 spiro atoms. The monoisotopic (exact) mass is 276 g/mol. The van der Waals surface area contributed by atoms with E-state index < -0.39 is 11.5 Å². The predicted molar refractivity (Wildman–Crippen MR) is 74.9 cm³/mol. The Morgan fingerprint density at radius 1 is 1.30 bits per heavy atom. The number of amides is 2. The summed E-state index contributed by atoms with van der Waals surface area (Å²) in [5.41, 5.74) is 0.323. The summed E-state index contributed by atoms with van der Waals surface area (Å²) in [6.07, 6.45) is 1.61. The molecule has 1 aliphatic rings. The molecular formula is C15H20N2O3. The molecule has 1 fully saturated rings. The first-order valence-corrected chi connectivity index (χ1v) is 6.69. The summed E-state index contributed by atoms with van der Waals surface area (Å²) in [6.45, 7) is 0.397. The minimum absolute atomic E-state index is 0.114. The van der Waals surface area contributed by atoms with Gasteiger partial charge in [0, 0.05) is 14.2 Å². The third-order valence-corrected chi connectivity index (χ3v) is 3.67. The minimum atomic E-state index is -0.664. The molecule has 0 aliphatic heterocycles. The average molecular weight is 276 g/mol. The molecule has 0 saturated heterocycles. The van der Waals surface area contributed by atoms with Crippen molar-refractivity contribution in [1.82, 2.24) is 10.6 Å². The molecule has 1 aliphatic carbocycles. The third kappa shape index (κ3) is 2.99. The van der Waals surface area contributed by atoms with Gasteiger partial charge in [0.1, 0.15) is 6.04 Å². The van der Waals surface area contributed by atoms with Crippen LogP contribution in [0.25, 0.3) is 0 Å². The van der Waals surface area contributed by atoms with E-state index in [1.54, 1.807) is 14.2 Å². The average Bonchev–Trinajstić information content (AvgIpc) is 3.26. The van der Waals surface area contributed by atoms with Crippen LogP contribution < -0.4 is 10.6 Å². The predicted octanol–water partition coefficient (Wildman–Crippen LogP) is 1.02. The Balaban J connectivity index is 2.13. The first-order chi connectivity index (χ1) is 9.63. The highest BCUT2D eigenvalue weighted by molar-refractivity contribution is 5.92. The molecule has 20 heavy (non-hydrogen) atoms. The summed E-state index contributed by atoms with van der Waals surface area (Å²) in [4.78, 5) is 24.3. The fourth-order valence-corrected chi connectivity index (χ4v) is 2.24. The van der Waals surface area contributed by atoms with Gasteiger partial charge in [-0.25, -0.2) is 0 Å². The summed E-state index contributed by atoms with van der Waals surface area (Å²) in [5, 5.41) is 5.43. The molecule has 1 atom stereocenters. The molecule has 1 aromatic rings. The number of nitrogens with one attached hydrogen (secondary N) is 2. The van der Waals surface area contributed by atoms with E-state index in [1.165, 1.54) is 0 Å². The third-order valence-electron chi connectivity index (χ3n) is 3.67. The number of likely N-dealkylation sites (N-methyl/N-ethyl adjacent to an activating group) is 1. The fourth-order valence-electron chi connectivity index (χ4n) is 2.24. The second kappa shape index (κ2) is 6.05. The largest absolute Gasteiger partial charge is 0.384 e. The van der Waals surface area contributed by atoms with Crippen molar-refractivity contribution in [3.8, 4) is 0 Å². The second-order valence-electron chi connectivity index (χ2n) is 5.14. The van der Waals surface area contributed by atoms with Gasteiger partial charge in [0.2, 0.25) is 11.8 Å². The Bertz CT molecular complexity index is 483. The Kier molecular flexibility index (Phi) is 4.39. The highest BCUT2D eigenvalue weighted by Crippen LogP contribution is 2.46. The van der Waals surface area contributed by atoms with E-state index in [9.17, 15) is 9.59 Å². The molecule has 5 nitrogen and oxygen atoms in total. The van der Waals surface area contributed by atoms with Gasteiger partial charge in [0.15, 0.2) is 0 Å². The molecular weight excluding hydrogens is 256 g/mol. The van der Waals surface area contributed by atoms with Crippen LogP contribution in [0.2, 0.25) is 0 Å². The lowest BCUT2D eigenvalue weighted by molar-refractivity contribution is -0.133. The van der Waals surface area contributed by atoms with Gasteiger partial charge in [-0.2, -0.15) is 0 Å². The smallest absolute Gasteiger partial charge is 0.246 e. The lowest BCUT2D eigenvalue weighted by atomic mass is 10.0. The van der Waals surface area contributed by atoms with Crippen LogP contribution in [0.5, 0.6) is 0 Å². The normalized spacial score (nSPS) is 17.1. The number of hydrogen-bond donors (Lipinski definition) is 2. The number of carbonyl (C=O) groups excluding carboxylic acids is 2. The van der Waals surface area contributed by atoms with Gasteiger partial charge in [-0.1, -0.05) is 30.3 Å². The molecule has 0 bridgehead atoms. The van der Waals surface area contributed by atoms with E-state index in [0.717, 1.165) is 18.4 Å². The van der Waals surface area contributed by atoms with Gasteiger partial charge in [-0.15, -0.1) is 0 Å². The number of benzene rings is 1. The van der Waals surface area contributed by atoms with Gasteiger partial charge in [-0.3, -0.25) is 9.59 Å². The van der Waals surface area contributed by atoms with Crippen molar-refractivity contribution in [2.24, 2.45) is 5.41 Å². The lowest BCUT2D eigenvalue weighted by Crippen LogP contribution is -2.43. The SMILES string of the molecule is CNC(=O)[C@H](NC(=O)C1(COC)CC1)c1ccccc1. The number of ether oxygens (including phenoxy) is 1. The Morgan fingerprint density at radius 3 is 2.45 bits per heavy atom. The summed E-state index contributed by atoms with van der Waals surface area (Å²) in [7, 11) is 3.15. The zero-order valence-corrected chi connectivity index (χ0v) is 11.8. The van der Waals surface area contributed by atoms with E-state index in [4.69, 9.17) is 4.74 Å². The van der Waals surface area contributed by atoms with Crippen molar-refractivity contribution in [2.75, 3.05) is 20.8 Å². The first kappa shape index (κ1) is 14.5. The molecule has 0 heterocycles. The summed E-state index contributed by atoms with van der Waals surface area (Å²) < 4.78 is 5.10. The van der Waals surface area contributed by atoms with Gasteiger partial charge in [-0.05, 0) is 18.4 Å². The van der Waals surface area contributed by atoms with Crippen molar-refractivity contribution in [3.63, 3.8) is 0 Å². The fraction of sp³-hybridized carbons (Fsp3) is 0.467. The van der Waals surface area contributed by atoms with Crippen LogP contribution in [0.15, 0.2) is 30.3 Å². The standard InChI is InChI=1S/C15H20N2O3/c1-16-13(18)12(11-6-4-3-5-7-11)17-14(19)15(8-9-15)10-20-2/h3-7,12H,8-10H2,1-2H3,(H,16,18)(H,17,19)/t12-/m1/s1. The molecule has 2 amide bonds. The van der Waals surface area contributed by atoms with Crippen LogP contribution in [0.4, 0.5) is 0 Å². The number of carbonyl (C=O) groups is 2. The molecule has 0 aromatic heterocycles. The number of hydrogen-bond acceptors (Lipinski definition) is 3. The zero-order valence-electron chi connectivity index (χ0n) is 11.8. The summed E-state index contributed by atoms with van der Waals surface area (Å²) in [5.74, 6) is -0.338. The molecule has 1 aromatic carbocycles. The zero-order chi connectivity index (χ0) is 14.6. The quantitative estimate of drug-likeness (QED) is 0.815. The van der Waals surface area contributed by atoms with Crippen molar-refractivity contribution in [2.45, 2.75) is 18.9 Å². The maximum atomic E-state index is 12.4. The van der Waals surface area contributed by atoms with Crippen LogP contribution in [-0.4, -0.2) is 32.6 Å². The van der Waals surface area contributed by atoms with Crippen LogP contribution in [0.1, 0.15) is 24.4 Å². The number of rotatable bonds is 6. The molecule has 108 valence electrons. The van der Waals surface area contributed by atoms with Crippen molar-refractivity contribution < 1.29 is 14.3 Å². The highest BCUT2D eigenvalue weighted by atomic mass is 16.5. The topological polar surface area (TPSA) is 67.4 Å². The molecule has 2 N–H and O–H groups in total. The van der Waals surface area contributed by atoms with Crippen LogP contribution in [0, 0.1) is 5.41 Å². The van der Waals surface area contributed by atoms with Gasteiger partial charge >= 0.3 is 0 Å². The molecule has 0 unspecified atom stereocenters. The van der Waals surface area contributed by atoms with Crippen molar-refractivity contribution >= 4 is 11.8 Å². The van der Waals surface area contributed by atoms with Crippen LogP contribution in [0.3, 0.4) is 0 Å². The van der Waals surface area contributed by atoms with E-state index in [0.29, 0.717) is 6.61 Å². The lowest BCUT2D eigenvalue weighted by Gasteiger charge is -2.21. The van der Waals surface area contributed by atoms with E-state index >= 15 is 0 Å². The highest BCUT2D eigenvalue weighted by Gasteiger charge is 2.50. The van der Waals surface area contributed by atoms with Crippen molar-refractivity contribution in [1.29, 1.82) is 0 Å². The van der Waals surface area contributed by atoms with Gasteiger partial charge < -0.3 is 15.4 Å².